The number of amides is 1. The van der Waals surface area contributed by atoms with Crippen LogP contribution in [0.2, 0.25) is 5.02 Å². The lowest BCUT2D eigenvalue weighted by Gasteiger charge is -2.15. The maximum Gasteiger partial charge on any atom is 0.338 e. The summed E-state index contributed by atoms with van der Waals surface area (Å²) in [5, 5.41) is 7.39. The van der Waals surface area contributed by atoms with E-state index in [1.54, 1.807) is 41.2 Å². The van der Waals surface area contributed by atoms with Gasteiger partial charge < -0.3 is 10.1 Å². The van der Waals surface area contributed by atoms with Crippen molar-refractivity contribution in [1.82, 2.24) is 9.78 Å². The van der Waals surface area contributed by atoms with E-state index in [4.69, 9.17) is 16.3 Å². The van der Waals surface area contributed by atoms with Crippen LogP contribution in [0.1, 0.15) is 28.4 Å². The van der Waals surface area contributed by atoms with Crippen LogP contribution in [-0.4, -0.2) is 27.8 Å². The molecule has 28 heavy (non-hydrogen) atoms. The number of nitrogens with one attached hydrogen (secondary N) is 1. The summed E-state index contributed by atoms with van der Waals surface area (Å²) >= 11 is 5.96. The normalized spacial score (nSPS) is 11.7. The fourth-order valence-corrected chi connectivity index (χ4v) is 2.74. The number of nitrogens with zero attached hydrogens (tertiary/aromatic N) is 2. The number of esters is 1. The van der Waals surface area contributed by atoms with Gasteiger partial charge in [0.25, 0.3) is 5.91 Å². The SMILES string of the molecule is Cc1ccc(Cl)cc1NC(=O)C(C)OC(=O)c1ccc(Cn2cccn2)cc1. The van der Waals surface area contributed by atoms with E-state index in [0.717, 1.165) is 11.1 Å². The van der Waals surface area contributed by atoms with Crippen LogP contribution in [0, 0.1) is 6.92 Å². The number of hydrogen-bond acceptors (Lipinski definition) is 4. The monoisotopic (exact) mass is 397 g/mol. The van der Waals surface area contributed by atoms with Crippen LogP contribution in [0.3, 0.4) is 0 Å². The second kappa shape index (κ2) is 8.71. The second-order valence-corrected chi connectivity index (χ2v) is 6.83. The Morgan fingerprint density at radius 1 is 1.21 bits per heavy atom. The van der Waals surface area contributed by atoms with E-state index in [-0.39, 0.29) is 0 Å². The van der Waals surface area contributed by atoms with Crippen molar-refractivity contribution in [3.63, 3.8) is 0 Å². The zero-order chi connectivity index (χ0) is 20.1. The Labute approximate surface area is 168 Å². The fraction of sp³-hybridized carbons (Fsp3) is 0.190. The van der Waals surface area contributed by atoms with Crippen molar-refractivity contribution in [2.24, 2.45) is 0 Å². The lowest BCUT2D eigenvalue weighted by atomic mass is 10.1. The van der Waals surface area contributed by atoms with Crippen LogP contribution in [0.5, 0.6) is 0 Å². The molecule has 0 radical (unpaired) electrons. The molecule has 0 saturated carbocycles. The molecule has 0 spiro atoms. The number of aryl methyl sites for hydroxylation is 1. The molecular formula is C21H20ClN3O3. The Morgan fingerprint density at radius 3 is 2.64 bits per heavy atom. The molecule has 0 bridgehead atoms. The summed E-state index contributed by atoms with van der Waals surface area (Å²) in [6.07, 6.45) is 2.63. The quantitative estimate of drug-likeness (QED) is 0.636. The van der Waals surface area contributed by atoms with Crippen LogP contribution in [0.25, 0.3) is 0 Å². The van der Waals surface area contributed by atoms with Gasteiger partial charge in [0.1, 0.15) is 0 Å². The minimum absolute atomic E-state index is 0.378. The highest BCUT2D eigenvalue weighted by atomic mass is 35.5. The first-order valence-electron chi connectivity index (χ1n) is 8.77. The van der Waals surface area contributed by atoms with Crippen molar-refractivity contribution >= 4 is 29.2 Å². The van der Waals surface area contributed by atoms with Gasteiger partial charge in [0.2, 0.25) is 0 Å². The van der Waals surface area contributed by atoms with Crippen molar-refractivity contribution in [2.45, 2.75) is 26.5 Å². The van der Waals surface area contributed by atoms with Gasteiger partial charge in [-0.25, -0.2) is 4.79 Å². The molecule has 3 aromatic rings. The van der Waals surface area contributed by atoms with Gasteiger partial charge in [-0.15, -0.1) is 0 Å². The number of hydrogen-bond donors (Lipinski definition) is 1. The van der Waals surface area contributed by atoms with Gasteiger partial charge in [-0.2, -0.15) is 5.10 Å². The minimum atomic E-state index is -0.949. The molecule has 144 valence electrons. The lowest BCUT2D eigenvalue weighted by Crippen LogP contribution is -2.30. The molecule has 0 aliphatic heterocycles. The zero-order valence-electron chi connectivity index (χ0n) is 15.6. The Kier molecular flexibility index (Phi) is 6.11. The molecule has 1 amide bonds. The molecule has 6 nitrogen and oxygen atoms in total. The highest BCUT2D eigenvalue weighted by molar-refractivity contribution is 6.31. The van der Waals surface area contributed by atoms with Gasteiger partial charge in [0, 0.05) is 23.1 Å². The number of halogens is 1. The molecule has 1 N–H and O–H groups in total. The summed E-state index contributed by atoms with van der Waals surface area (Å²) in [6, 6.07) is 14.1. The van der Waals surface area contributed by atoms with E-state index in [1.165, 1.54) is 6.92 Å². The van der Waals surface area contributed by atoms with Gasteiger partial charge in [0.15, 0.2) is 6.10 Å². The van der Waals surface area contributed by atoms with E-state index in [0.29, 0.717) is 22.8 Å². The third kappa shape index (κ3) is 4.98. The summed E-state index contributed by atoms with van der Waals surface area (Å²) in [5.74, 6) is -0.981. The molecule has 1 aromatic heterocycles. The van der Waals surface area contributed by atoms with Crippen LogP contribution in [0.15, 0.2) is 60.9 Å². The Balaban J connectivity index is 1.58. The average molecular weight is 398 g/mol. The summed E-state index contributed by atoms with van der Waals surface area (Å²) in [4.78, 5) is 24.7. The predicted octanol–water partition coefficient (Wildman–Crippen LogP) is 4.08. The average Bonchev–Trinajstić information content (AvgIpc) is 3.18. The van der Waals surface area contributed by atoms with E-state index >= 15 is 0 Å². The highest BCUT2D eigenvalue weighted by Gasteiger charge is 2.19. The number of benzene rings is 2. The minimum Gasteiger partial charge on any atom is -0.449 e. The topological polar surface area (TPSA) is 73.2 Å². The molecule has 0 saturated heterocycles. The third-order valence-corrected chi connectivity index (χ3v) is 4.44. The Bertz CT molecular complexity index is 969. The maximum atomic E-state index is 12.3. The first kappa shape index (κ1) is 19.6. The number of carbonyl (C=O) groups excluding carboxylic acids is 2. The number of aromatic nitrogens is 2. The maximum absolute atomic E-state index is 12.3. The van der Waals surface area contributed by atoms with Crippen molar-refractivity contribution in [3.8, 4) is 0 Å². The number of rotatable bonds is 6. The van der Waals surface area contributed by atoms with E-state index in [9.17, 15) is 9.59 Å². The highest BCUT2D eigenvalue weighted by Crippen LogP contribution is 2.20. The van der Waals surface area contributed by atoms with Crippen LogP contribution in [0.4, 0.5) is 5.69 Å². The zero-order valence-corrected chi connectivity index (χ0v) is 16.3. The van der Waals surface area contributed by atoms with Crippen molar-refractivity contribution in [2.75, 3.05) is 5.32 Å². The van der Waals surface area contributed by atoms with Gasteiger partial charge >= 0.3 is 5.97 Å². The Morgan fingerprint density at radius 2 is 1.96 bits per heavy atom. The fourth-order valence-electron chi connectivity index (χ4n) is 2.57. The standard InChI is InChI=1S/C21H20ClN3O3/c1-14-4-9-18(22)12-19(14)24-20(26)15(2)28-21(27)17-7-5-16(6-8-17)13-25-11-3-10-23-25/h3-12,15H,13H2,1-2H3,(H,24,26). The summed E-state index contributed by atoms with van der Waals surface area (Å²) in [6.45, 7) is 3.99. The number of ether oxygens (including phenoxy) is 1. The summed E-state index contributed by atoms with van der Waals surface area (Å²) in [7, 11) is 0. The number of carbonyl (C=O) groups is 2. The number of anilines is 1. The van der Waals surface area contributed by atoms with Crippen LogP contribution in [-0.2, 0) is 16.1 Å². The van der Waals surface area contributed by atoms with Gasteiger partial charge in [-0.1, -0.05) is 29.8 Å². The first-order valence-corrected chi connectivity index (χ1v) is 9.14. The van der Waals surface area contributed by atoms with Gasteiger partial charge in [-0.05, 0) is 55.3 Å². The van der Waals surface area contributed by atoms with Crippen molar-refractivity contribution < 1.29 is 14.3 Å². The van der Waals surface area contributed by atoms with Gasteiger partial charge in [0.05, 0.1) is 12.1 Å². The van der Waals surface area contributed by atoms with Gasteiger partial charge in [-0.3, -0.25) is 9.48 Å². The molecule has 7 heteroatoms. The Hall–Kier alpha value is -3.12. The summed E-state index contributed by atoms with van der Waals surface area (Å²) in [5.41, 5.74) is 2.83. The van der Waals surface area contributed by atoms with E-state index in [1.807, 2.05) is 31.3 Å². The van der Waals surface area contributed by atoms with Crippen LogP contribution >= 0.6 is 11.6 Å². The first-order chi connectivity index (χ1) is 13.4. The predicted molar refractivity (Wildman–Crippen MR) is 107 cm³/mol. The molecule has 1 heterocycles. The molecular weight excluding hydrogens is 378 g/mol. The molecule has 1 unspecified atom stereocenters. The van der Waals surface area contributed by atoms with E-state index < -0.39 is 18.0 Å². The smallest absolute Gasteiger partial charge is 0.338 e. The third-order valence-electron chi connectivity index (χ3n) is 4.20. The van der Waals surface area contributed by atoms with Crippen LogP contribution < -0.4 is 5.32 Å². The van der Waals surface area contributed by atoms with Crippen molar-refractivity contribution in [3.05, 3.63) is 82.6 Å². The molecule has 2 aromatic carbocycles. The molecule has 0 aliphatic carbocycles. The molecule has 0 aliphatic rings. The lowest BCUT2D eigenvalue weighted by molar-refractivity contribution is -0.123. The van der Waals surface area contributed by atoms with E-state index in [2.05, 4.69) is 10.4 Å². The summed E-state index contributed by atoms with van der Waals surface area (Å²) < 4.78 is 7.07. The largest absolute Gasteiger partial charge is 0.449 e. The molecule has 3 rings (SSSR count). The molecule has 0 fully saturated rings. The molecule has 1 atom stereocenters. The van der Waals surface area contributed by atoms with Crippen molar-refractivity contribution in [1.29, 1.82) is 0 Å². The second-order valence-electron chi connectivity index (χ2n) is 6.40.